The van der Waals surface area contributed by atoms with Gasteiger partial charge in [-0.25, -0.2) is 4.98 Å². The van der Waals surface area contributed by atoms with E-state index in [1.54, 1.807) is 11.1 Å². The number of nitrogens with one attached hydrogen (secondary N) is 2. The molecule has 0 aliphatic heterocycles. The van der Waals surface area contributed by atoms with Crippen molar-refractivity contribution in [2.75, 3.05) is 26.4 Å². The van der Waals surface area contributed by atoms with E-state index in [2.05, 4.69) is 32.2 Å². The largest absolute Gasteiger partial charge is 0.369 e. The molecule has 148 valence electrons. The summed E-state index contributed by atoms with van der Waals surface area (Å²) < 4.78 is 0. The average molecular weight is 388 g/mol. The molecule has 7 nitrogen and oxygen atoms in total. The molecule has 0 spiro atoms. The molecule has 0 aliphatic carbocycles. The summed E-state index contributed by atoms with van der Waals surface area (Å²) in [6.45, 7) is 3.13. The molecule has 0 bridgehead atoms. The highest BCUT2D eigenvalue weighted by molar-refractivity contribution is 5.98. The second-order valence-corrected chi connectivity index (χ2v) is 6.82. The minimum atomic E-state index is -0.233. The molecule has 3 rings (SSSR count). The second-order valence-electron chi connectivity index (χ2n) is 6.82. The lowest BCUT2D eigenvalue weighted by Crippen LogP contribution is -2.15. The van der Waals surface area contributed by atoms with Crippen molar-refractivity contribution in [2.45, 2.75) is 13.5 Å². The van der Waals surface area contributed by atoms with Gasteiger partial charge in [0.1, 0.15) is 0 Å². The third-order valence-corrected chi connectivity index (χ3v) is 4.22. The first-order valence-corrected chi connectivity index (χ1v) is 9.23. The molecule has 0 fully saturated rings. The van der Waals surface area contributed by atoms with E-state index in [0.717, 1.165) is 22.4 Å². The number of fused-ring (bicyclic) bond motifs is 1. The number of hydrogen-bond donors (Lipinski definition) is 3. The van der Waals surface area contributed by atoms with E-state index in [1.165, 1.54) is 0 Å². The fourth-order valence-corrected chi connectivity index (χ4v) is 2.88. The van der Waals surface area contributed by atoms with Crippen LogP contribution in [0, 0.1) is 11.8 Å². The number of rotatable bonds is 5. The zero-order valence-corrected chi connectivity index (χ0v) is 16.8. The van der Waals surface area contributed by atoms with E-state index in [9.17, 15) is 4.79 Å². The molecule has 0 saturated carbocycles. The molecular weight excluding hydrogens is 364 g/mol. The van der Waals surface area contributed by atoms with Crippen LogP contribution in [0.25, 0.3) is 10.9 Å². The summed E-state index contributed by atoms with van der Waals surface area (Å²) in [5.41, 5.74) is 9.89. The first kappa shape index (κ1) is 20.1. The summed E-state index contributed by atoms with van der Waals surface area (Å²) in [5, 5.41) is 9.97. The van der Waals surface area contributed by atoms with E-state index in [1.807, 2.05) is 57.4 Å². The van der Waals surface area contributed by atoms with Crippen molar-refractivity contribution < 1.29 is 0 Å². The summed E-state index contributed by atoms with van der Waals surface area (Å²) in [5.74, 6) is 6.38. The van der Waals surface area contributed by atoms with Crippen molar-refractivity contribution in [3.63, 3.8) is 0 Å². The van der Waals surface area contributed by atoms with E-state index in [4.69, 9.17) is 5.73 Å². The molecule has 2 aromatic carbocycles. The Kier molecular flexibility index (Phi) is 6.27. The Labute approximate surface area is 169 Å². The zero-order chi connectivity index (χ0) is 20.8. The van der Waals surface area contributed by atoms with Gasteiger partial charge in [0.05, 0.1) is 23.2 Å². The number of H-pyrrole nitrogens is 1. The van der Waals surface area contributed by atoms with E-state index < -0.39 is 0 Å². The van der Waals surface area contributed by atoms with E-state index >= 15 is 0 Å². The quantitative estimate of drug-likeness (QED) is 0.268. The minimum Gasteiger partial charge on any atom is -0.369 e. The number of anilines is 1. The van der Waals surface area contributed by atoms with Crippen LogP contribution in [0.4, 0.5) is 5.95 Å². The molecule has 1 aromatic heterocycles. The Bertz CT molecular complexity index is 1150. The number of nitrogen functional groups attached to an aromatic ring is 1. The van der Waals surface area contributed by atoms with Crippen molar-refractivity contribution in [3.8, 4) is 11.8 Å². The highest BCUT2D eigenvalue weighted by Gasteiger charge is 2.03. The van der Waals surface area contributed by atoms with Gasteiger partial charge >= 0.3 is 0 Å². The Hall–Kier alpha value is -3.63. The lowest BCUT2D eigenvalue weighted by Gasteiger charge is -2.07. The molecule has 0 amide bonds. The normalized spacial score (nSPS) is 11.2. The van der Waals surface area contributed by atoms with Crippen molar-refractivity contribution in [1.29, 1.82) is 0 Å². The Morgan fingerprint density at radius 2 is 2.00 bits per heavy atom. The van der Waals surface area contributed by atoms with Crippen LogP contribution in [0.5, 0.6) is 0 Å². The number of benzene rings is 2. The van der Waals surface area contributed by atoms with Gasteiger partial charge < -0.3 is 16.1 Å². The van der Waals surface area contributed by atoms with Gasteiger partial charge in [-0.1, -0.05) is 30.0 Å². The van der Waals surface area contributed by atoms with Gasteiger partial charge in [-0.15, -0.1) is 0 Å². The van der Waals surface area contributed by atoms with Crippen LogP contribution >= 0.6 is 0 Å². The third-order valence-electron chi connectivity index (χ3n) is 4.22. The van der Waals surface area contributed by atoms with Crippen LogP contribution in [-0.4, -0.2) is 41.3 Å². The van der Waals surface area contributed by atoms with Crippen molar-refractivity contribution >= 4 is 22.6 Å². The first-order valence-electron chi connectivity index (χ1n) is 9.23. The van der Waals surface area contributed by atoms with Crippen LogP contribution in [0.2, 0.25) is 0 Å². The van der Waals surface area contributed by atoms with Crippen LogP contribution in [0.1, 0.15) is 23.6 Å². The Balaban J connectivity index is 1.57. The van der Waals surface area contributed by atoms with Crippen LogP contribution in [-0.2, 0) is 6.54 Å². The van der Waals surface area contributed by atoms with Gasteiger partial charge in [0.15, 0.2) is 0 Å². The van der Waals surface area contributed by atoms with Crippen molar-refractivity contribution in [3.05, 3.63) is 69.5 Å². The van der Waals surface area contributed by atoms with E-state index in [-0.39, 0.29) is 11.5 Å². The SMILES string of the molecule is CC(=NN(C)C)c1ccc(C#CCNCc2ccc3nc(N)[nH]c(=O)c3c2)cc1. The summed E-state index contributed by atoms with van der Waals surface area (Å²) in [4.78, 5) is 18.6. The van der Waals surface area contributed by atoms with Gasteiger partial charge in [0, 0.05) is 26.2 Å². The fraction of sp³-hybridized carbons (Fsp3) is 0.227. The van der Waals surface area contributed by atoms with Crippen LogP contribution < -0.4 is 16.6 Å². The van der Waals surface area contributed by atoms with Crippen LogP contribution in [0.3, 0.4) is 0 Å². The van der Waals surface area contributed by atoms with Gasteiger partial charge in [-0.3, -0.25) is 9.78 Å². The molecule has 1 heterocycles. The molecule has 0 unspecified atom stereocenters. The summed E-state index contributed by atoms with van der Waals surface area (Å²) in [6.07, 6.45) is 0. The predicted molar refractivity (Wildman–Crippen MR) is 118 cm³/mol. The van der Waals surface area contributed by atoms with Gasteiger partial charge in [-0.2, -0.15) is 5.10 Å². The topological polar surface area (TPSA) is 99.4 Å². The van der Waals surface area contributed by atoms with Crippen LogP contribution in [0.15, 0.2) is 52.4 Å². The predicted octanol–water partition coefficient (Wildman–Crippen LogP) is 1.93. The number of nitrogens with two attached hydrogens (primary N) is 1. The standard InChI is InChI=1S/C22H24N6O/c1-15(27-28(2)3)18-9-6-16(7-10-18)5-4-12-24-14-17-8-11-20-19(13-17)21(29)26-22(23)25-20/h6-11,13,24H,12,14H2,1-3H3,(H3,23,25,26,29). The lowest BCUT2D eigenvalue weighted by molar-refractivity contribution is 0.438. The maximum absolute atomic E-state index is 12.0. The fourth-order valence-electron chi connectivity index (χ4n) is 2.88. The summed E-state index contributed by atoms with van der Waals surface area (Å²) in [6, 6.07) is 13.6. The molecule has 0 radical (unpaired) electrons. The molecule has 0 aliphatic rings. The Morgan fingerprint density at radius 3 is 2.72 bits per heavy atom. The highest BCUT2D eigenvalue weighted by atomic mass is 16.1. The molecular formula is C22H24N6O. The molecule has 3 aromatic rings. The highest BCUT2D eigenvalue weighted by Crippen LogP contribution is 2.10. The average Bonchev–Trinajstić information content (AvgIpc) is 2.68. The molecule has 0 saturated heterocycles. The van der Waals surface area contributed by atoms with Crippen molar-refractivity contribution in [1.82, 2.24) is 20.3 Å². The first-order chi connectivity index (χ1) is 13.9. The van der Waals surface area contributed by atoms with Crippen molar-refractivity contribution in [2.24, 2.45) is 5.10 Å². The minimum absolute atomic E-state index is 0.122. The number of nitrogens with zero attached hydrogens (tertiary/aromatic N) is 3. The van der Waals surface area contributed by atoms with Gasteiger partial charge in [0.2, 0.25) is 5.95 Å². The molecule has 7 heteroatoms. The number of hydrogen-bond acceptors (Lipinski definition) is 6. The molecule has 0 atom stereocenters. The van der Waals surface area contributed by atoms with Gasteiger partial charge in [0.25, 0.3) is 5.56 Å². The smallest absolute Gasteiger partial charge is 0.260 e. The summed E-state index contributed by atoms with van der Waals surface area (Å²) in [7, 11) is 3.80. The number of aromatic amines is 1. The zero-order valence-electron chi connectivity index (χ0n) is 16.8. The molecule has 4 N–H and O–H groups in total. The number of aromatic nitrogens is 2. The Morgan fingerprint density at radius 1 is 1.24 bits per heavy atom. The lowest BCUT2D eigenvalue weighted by atomic mass is 10.1. The monoisotopic (exact) mass is 388 g/mol. The second kappa shape index (κ2) is 9.04. The number of hydrazone groups is 1. The maximum atomic E-state index is 12.0. The van der Waals surface area contributed by atoms with Gasteiger partial charge in [-0.05, 0) is 42.3 Å². The molecule has 29 heavy (non-hydrogen) atoms. The van der Waals surface area contributed by atoms with E-state index in [0.29, 0.717) is 24.0 Å². The maximum Gasteiger partial charge on any atom is 0.260 e. The summed E-state index contributed by atoms with van der Waals surface area (Å²) >= 11 is 0. The third kappa shape index (κ3) is 5.43.